The van der Waals surface area contributed by atoms with Gasteiger partial charge in [-0.05, 0) is 30.4 Å². The summed E-state index contributed by atoms with van der Waals surface area (Å²) >= 11 is 0. The summed E-state index contributed by atoms with van der Waals surface area (Å²) in [6.07, 6.45) is 2.22. The number of carbonyl (C=O) groups excluding carboxylic acids is 1. The van der Waals surface area contributed by atoms with E-state index in [4.69, 9.17) is 10.6 Å². The lowest BCUT2D eigenvalue weighted by molar-refractivity contribution is 0.0953. The molecule has 1 heterocycles. The average Bonchev–Trinajstić information content (AvgIpc) is 3.30. The molecule has 2 atom stereocenters. The van der Waals surface area contributed by atoms with E-state index in [2.05, 4.69) is 17.3 Å². The molecule has 0 saturated heterocycles. The fraction of sp³-hybridized carbons (Fsp3) is 0.625. The Morgan fingerprint density at radius 3 is 2.54 bits per heavy atom. The number of hydrogen-bond donors (Lipinski definition) is 2. The Labute approximate surface area is 154 Å². The van der Waals surface area contributed by atoms with Crippen LogP contribution in [0.1, 0.15) is 23.7 Å². The minimum Gasteiger partial charge on any atom is -0.383 e. The lowest BCUT2D eigenvalue weighted by atomic mass is 10.2. The van der Waals surface area contributed by atoms with Gasteiger partial charge in [-0.25, -0.2) is 19.2 Å². The Morgan fingerprint density at radius 1 is 1.42 bits per heavy atom. The lowest BCUT2D eigenvalue weighted by Crippen LogP contribution is -2.34. The predicted octanol–water partition coefficient (Wildman–Crippen LogP) is 0.190. The minimum absolute atomic E-state index is 0.162. The molecule has 1 aromatic heterocycles. The zero-order valence-electron chi connectivity index (χ0n) is 15.6. The van der Waals surface area contributed by atoms with Crippen LogP contribution in [0.3, 0.4) is 0 Å². The van der Waals surface area contributed by atoms with Crippen molar-refractivity contribution >= 4 is 27.6 Å². The van der Waals surface area contributed by atoms with Crippen molar-refractivity contribution in [1.82, 2.24) is 10.4 Å². The Bertz CT molecular complexity index is 755. The second-order valence-corrected chi connectivity index (χ2v) is 8.70. The first kappa shape index (κ1) is 20.4. The van der Waals surface area contributed by atoms with Crippen LogP contribution in [0.4, 0.5) is 11.6 Å². The van der Waals surface area contributed by atoms with Gasteiger partial charge < -0.3 is 9.64 Å². The maximum atomic E-state index is 12.0. The molecule has 0 radical (unpaired) electrons. The molecular weight excluding hydrogens is 358 g/mol. The van der Waals surface area contributed by atoms with E-state index >= 15 is 0 Å². The highest BCUT2D eigenvalue weighted by molar-refractivity contribution is 7.92. The van der Waals surface area contributed by atoms with Gasteiger partial charge in [-0.3, -0.25) is 14.5 Å². The molecule has 0 aliphatic heterocycles. The molecule has 1 fully saturated rings. The van der Waals surface area contributed by atoms with E-state index in [9.17, 15) is 13.2 Å². The molecule has 0 bridgehead atoms. The Hall–Kier alpha value is -1.91. The van der Waals surface area contributed by atoms with Crippen molar-refractivity contribution in [3.8, 4) is 0 Å². The number of hydrogen-bond acceptors (Lipinski definition) is 7. The summed E-state index contributed by atoms with van der Waals surface area (Å²) < 4.78 is 30.0. The number of pyridine rings is 1. The first-order chi connectivity index (χ1) is 12.2. The number of sulfonamides is 1. The Balaban J connectivity index is 2.43. The quantitative estimate of drug-likeness (QED) is 0.354. The topological polar surface area (TPSA) is 118 Å². The first-order valence-electron chi connectivity index (χ1n) is 8.38. The number of carbonyl (C=O) groups is 1. The van der Waals surface area contributed by atoms with Crippen LogP contribution >= 0.6 is 0 Å². The van der Waals surface area contributed by atoms with E-state index in [0.717, 1.165) is 23.5 Å². The fourth-order valence-electron chi connectivity index (χ4n) is 2.65. The van der Waals surface area contributed by atoms with Gasteiger partial charge in [-0.15, -0.1) is 0 Å². The lowest BCUT2D eigenvalue weighted by Gasteiger charge is -2.26. The van der Waals surface area contributed by atoms with Crippen molar-refractivity contribution < 1.29 is 17.9 Å². The molecule has 10 heteroatoms. The molecule has 0 unspecified atom stereocenters. The summed E-state index contributed by atoms with van der Waals surface area (Å²) in [5, 5.41) is 0. The predicted molar refractivity (Wildman–Crippen MR) is 100 cm³/mol. The third-order valence-electron chi connectivity index (χ3n) is 4.63. The van der Waals surface area contributed by atoms with Gasteiger partial charge in [0.25, 0.3) is 5.91 Å². The Kier molecular flexibility index (Phi) is 6.43. The molecule has 1 saturated carbocycles. The number of rotatable bonds is 9. The molecular formula is C16H27N5O4S. The van der Waals surface area contributed by atoms with E-state index < -0.39 is 15.9 Å². The van der Waals surface area contributed by atoms with E-state index in [0.29, 0.717) is 30.8 Å². The molecule has 0 spiro atoms. The van der Waals surface area contributed by atoms with E-state index in [-0.39, 0.29) is 11.4 Å². The molecule has 146 valence electrons. The van der Waals surface area contributed by atoms with Crippen LogP contribution in [-0.2, 0) is 14.8 Å². The number of methoxy groups -OCH3 is 1. The number of anilines is 2. The fourth-order valence-corrected chi connectivity index (χ4v) is 3.08. The van der Waals surface area contributed by atoms with E-state index in [1.54, 1.807) is 13.2 Å². The summed E-state index contributed by atoms with van der Waals surface area (Å²) in [6.45, 7) is 4.04. The van der Waals surface area contributed by atoms with Crippen molar-refractivity contribution in [2.45, 2.75) is 13.3 Å². The smallest absolute Gasteiger partial charge is 0.265 e. The molecule has 2 rings (SSSR count). The third kappa shape index (κ3) is 5.05. The van der Waals surface area contributed by atoms with Gasteiger partial charge in [0, 0.05) is 32.8 Å². The maximum absolute atomic E-state index is 12.0. The van der Waals surface area contributed by atoms with E-state index in [1.807, 2.05) is 4.90 Å². The van der Waals surface area contributed by atoms with Gasteiger partial charge in [0.2, 0.25) is 10.0 Å². The van der Waals surface area contributed by atoms with Crippen LogP contribution in [0.25, 0.3) is 0 Å². The summed E-state index contributed by atoms with van der Waals surface area (Å²) in [5.74, 6) is 6.62. The minimum atomic E-state index is -3.52. The van der Waals surface area contributed by atoms with Crippen LogP contribution in [0.2, 0.25) is 0 Å². The number of nitrogen functional groups attached to an aromatic ring is 1. The number of nitrogens with zero attached hydrogens (tertiary/aromatic N) is 3. The number of ether oxygens (including phenoxy) is 1. The summed E-state index contributed by atoms with van der Waals surface area (Å²) in [7, 11) is -0.505. The van der Waals surface area contributed by atoms with Crippen LogP contribution in [-0.4, -0.2) is 59.4 Å². The standard InChI is InChI=1S/C16H27N5O4S/c1-11-7-13(11)10-21(5-6-25-3)15-9-12(16(22)19-17)8-14(18-15)20(2)26(4,23)24/h8-9,11,13H,5-7,10,17H2,1-4H3,(H,19,22)/t11-,13+/m1/s1. The number of amides is 1. The number of nitrogens with one attached hydrogen (secondary N) is 1. The first-order valence-corrected chi connectivity index (χ1v) is 10.2. The summed E-state index contributed by atoms with van der Waals surface area (Å²) in [6, 6.07) is 3.02. The SMILES string of the molecule is COCCN(C[C@@H]1C[C@H]1C)c1cc(C(=O)NN)cc(N(C)S(C)(=O)=O)n1. The van der Waals surface area contributed by atoms with E-state index in [1.165, 1.54) is 13.1 Å². The highest BCUT2D eigenvalue weighted by Gasteiger charge is 2.34. The van der Waals surface area contributed by atoms with Crippen molar-refractivity contribution in [2.75, 3.05) is 49.3 Å². The number of hydrazine groups is 1. The second-order valence-electron chi connectivity index (χ2n) is 6.69. The molecule has 1 aliphatic rings. The molecule has 0 aromatic carbocycles. The van der Waals surface area contributed by atoms with Gasteiger partial charge in [-0.1, -0.05) is 6.92 Å². The molecule has 9 nitrogen and oxygen atoms in total. The second kappa shape index (κ2) is 8.19. The van der Waals surface area contributed by atoms with Crippen molar-refractivity contribution in [2.24, 2.45) is 17.7 Å². The molecule has 26 heavy (non-hydrogen) atoms. The van der Waals surface area contributed by atoms with Gasteiger partial charge in [0.1, 0.15) is 11.6 Å². The molecule has 3 N–H and O–H groups in total. The summed E-state index contributed by atoms with van der Waals surface area (Å²) in [4.78, 5) is 18.5. The van der Waals surface area contributed by atoms with Gasteiger partial charge >= 0.3 is 0 Å². The van der Waals surface area contributed by atoms with Gasteiger partial charge in [-0.2, -0.15) is 0 Å². The van der Waals surface area contributed by atoms with Crippen LogP contribution in [0.15, 0.2) is 12.1 Å². The number of aromatic nitrogens is 1. The van der Waals surface area contributed by atoms with Crippen LogP contribution < -0.4 is 20.5 Å². The molecule has 1 aromatic rings. The molecule has 1 aliphatic carbocycles. The molecule has 1 amide bonds. The van der Waals surface area contributed by atoms with Crippen LogP contribution in [0.5, 0.6) is 0 Å². The van der Waals surface area contributed by atoms with Crippen molar-refractivity contribution in [3.63, 3.8) is 0 Å². The number of nitrogens with two attached hydrogens (primary N) is 1. The zero-order valence-corrected chi connectivity index (χ0v) is 16.4. The normalized spacial score (nSPS) is 19.1. The van der Waals surface area contributed by atoms with Crippen LogP contribution in [0, 0.1) is 11.8 Å². The largest absolute Gasteiger partial charge is 0.383 e. The monoisotopic (exact) mass is 385 g/mol. The van der Waals surface area contributed by atoms with Crippen molar-refractivity contribution in [3.05, 3.63) is 17.7 Å². The average molecular weight is 385 g/mol. The highest BCUT2D eigenvalue weighted by atomic mass is 32.2. The Morgan fingerprint density at radius 2 is 2.04 bits per heavy atom. The van der Waals surface area contributed by atoms with Gasteiger partial charge in [0.15, 0.2) is 0 Å². The summed E-state index contributed by atoms with van der Waals surface area (Å²) in [5.41, 5.74) is 2.32. The third-order valence-corrected chi connectivity index (χ3v) is 5.81. The maximum Gasteiger partial charge on any atom is 0.265 e. The highest BCUT2D eigenvalue weighted by Crippen LogP contribution is 2.39. The zero-order chi connectivity index (χ0) is 19.5. The van der Waals surface area contributed by atoms with Crippen molar-refractivity contribution in [1.29, 1.82) is 0 Å². The van der Waals surface area contributed by atoms with Gasteiger partial charge in [0.05, 0.1) is 12.9 Å².